The average Bonchev–Trinajstić information content (AvgIpc) is 3.08. The van der Waals surface area contributed by atoms with Crippen molar-refractivity contribution in [3.05, 3.63) is 35.9 Å². The molecule has 1 aromatic carbocycles. The molecule has 2 atom stereocenters. The summed E-state index contributed by atoms with van der Waals surface area (Å²) in [6, 6.07) is 11.0. The molecule has 0 bridgehead atoms. The molecule has 1 aliphatic heterocycles. The first-order valence-electron chi connectivity index (χ1n) is 6.78. The van der Waals surface area contributed by atoms with Crippen LogP contribution in [0.5, 0.6) is 0 Å². The van der Waals surface area contributed by atoms with E-state index in [9.17, 15) is 4.79 Å². The molecule has 1 heterocycles. The summed E-state index contributed by atoms with van der Waals surface area (Å²) in [7, 11) is 0. The zero-order valence-corrected chi connectivity index (χ0v) is 10.8. The zero-order valence-electron chi connectivity index (χ0n) is 10.8. The number of hydrogen-bond donors (Lipinski definition) is 1. The van der Waals surface area contributed by atoms with Gasteiger partial charge in [-0.25, -0.2) is 0 Å². The molecular weight excluding hydrogens is 224 g/mol. The maximum Gasteiger partial charge on any atom is 0.219 e. The molecule has 3 heteroatoms. The van der Waals surface area contributed by atoms with Gasteiger partial charge in [-0.1, -0.05) is 30.3 Å². The molecule has 18 heavy (non-hydrogen) atoms. The maximum atomic E-state index is 11.8. The molecule has 1 amide bonds. The van der Waals surface area contributed by atoms with Crippen molar-refractivity contribution >= 4 is 5.91 Å². The highest BCUT2D eigenvalue weighted by atomic mass is 16.2. The topological polar surface area (TPSA) is 32.3 Å². The summed E-state index contributed by atoms with van der Waals surface area (Å²) >= 11 is 0. The van der Waals surface area contributed by atoms with Gasteiger partial charge in [-0.05, 0) is 12.0 Å². The van der Waals surface area contributed by atoms with Crippen LogP contribution in [-0.2, 0) is 4.79 Å². The van der Waals surface area contributed by atoms with Gasteiger partial charge in [-0.15, -0.1) is 0 Å². The lowest BCUT2D eigenvalue weighted by atomic mass is 10.0. The zero-order chi connectivity index (χ0) is 12.5. The van der Waals surface area contributed by atoms with Crippen LogP contribution in [-0.4, -0.2) is 36.5 Å². The maximum absolute atomic E-state index is 11.8. The first kappa shape index (κ1) is 11.7. The van der Waals surface area contributed by atoms with Crippen LogP contribution in [0, 0.1) is 5.92 Å². The Morgan fingerprint density at radius 1 is 1.33 bits per heavy atom. The van der Waals surface area contributed by atoms with Gasteiger partial charge in [0.25, 0.3) is 0 Å². The number of amides is 1. The van der Waals surface area contributed by atoms with Crippen LogP contribution in [0.15, 0.2) is 30.3 Å². The number of hydrogen-bond acceptors (Lipinski definition) is 2. The van der Waals surface area contributed by atoms with Crippen LogP contribution in [0.3, 0.4) is 0 Å². The summed E-state index contributed by atoms with van der Waals surface area (Å²) in [6.45, 7) is 4.75. The third kappa shape index (κ3) is 2.27. The fourth-order valence-electron chi connectivity index (χ4n) is 2.84. The minimum atomic E-state index is 0.227. The third-order valence-electron chi connectivity index (χ3n) is 4.11. The standard InChI is InChI=1S/C15H20N2O/c1-11(18)17(10-12-8-16-9-12)15-7-14(15)13-5-3-2-4-6-13/h2-6,12,14-16H,7-10H2,1H3. The first-order valence-corrected chi connectivity index (χ1v) is 6.78. The van der Waals surface area contributed by atoms with Gasteiger partial charge in [0.2, 0.25) is 5.91 Å². The predicted octanol–water partition coefficient (Wildman–Crippen LogP) is 1.61. The largest absolute Gasteiger partial charge is 0.339 e. The van der Waals surface area contributed by atoms with Crippen molar-refractivity contribution in [3.8, 4) is 0 Å². The van der Waals surface area contributed by atoms with E-state index in [0.717, 1.165) is 26.1 Å². The van der Waals surface area contributed by atoms with Crippen LogP contribution in [0.2, 0.25) is 0 Å². The van der Waals surface area contributed by atoms with E-state index in [4.69, 9.17) is 0 Å². The summed E-state index contributed by atoms with van der Waals surface area (Å²) in [6.07, 6.45) is 1.13. The summed E-state index contributed by atoms with van der Waals surface area (Å²) < 4.78 is 0. The molecule has 3 nitrogen and oxygen atoms in total. The number of rotatable bonds is 4. The van der Waals surface area contributed by atoms with Crippen LogP contribution in [0.4, 0.5) is 0 Å². The molecule has 2 aliphatic rings. The van der Waals surface area contributed by atoms with E-state index in [0.29, 0.717) is 17.9 Å². The van der Waals surface area contributed by atoms with E-state index in [1.165, 1.54) is 5.56 Å². The van der Waals surface area contributed by atoms with Crippen molar-refractivity contribution in [2.75, 3.05) is 19.6 Å². The fourth-order valence-corrected chi connectivity index (χ4v) is 2.84. The molecule has 3 rings (SSSR count). The van der Waals surface area contributed by atoms with Crippen LogP contribution in [0.1, 0.15) is 24.8 Å². The second kappa shape index (κ2) is 4.73. The quantitative estimate of drug-likeness (QED) is 0.872. The highest BCUT2D eigenvalue weighted by Gasteiger charge is 2.44. The first-order chi connectivity index (χ1) is 8.75. The van der Waals surface area contributed by atoms with Gasteiger partial charge in [0.1, 0.15) is 0 Å². The molecular formula is C15H20N2O. The normalized spacial score (nSPS) is 26.5. The second-order valence-electron chi connectivity index (χ2n) is 5.52. The molecule has 2 fully saturated rings. The molecule has 0 radical (unpaired) electrons. The van der Waals surface area contributed by atoms with E-state index < -0.39 is 0 Å². The van der Waals surface area contributed by atoms with Crippen molar-refractivity contribution in [3.63, 3.8) is 0 Å². The summed E-state index contributed by atoms with van der Waals surface area (Å²) in [5.74, 6) is 1.44. The van der Waals surface area contributed by atoms with Crippen molar-refractivity contribution in [1.82, 2.24) is 10.2 Å². The smallest absolute Gasteiger partial charge is 0.219 e. The second-order valence-corrected chi connectivity index (χ2v) is 5.52. The lowest BCUT2D eigenvalue weighted by Gasteiger charge is -2.33. The Bertz CT molecular complexity index is 427. The molecule has 1 aliphatic carbocycles. The highest BCUT2D eigenvalue weighted by molar-refractivity contribution is 5.74. The lowest BCUT2D eigenvalue weighted by Crippen LogP contribution is -2.49. The Labute approximate surface area is 108 Å². The molecule has 2 unspecified atom stereocenters. The SMILES string of the molecule is CC(=O)N(CC1CNC1)C1CC1c1ccccc1. The van der Waals surface area contributed by atoms with Gasteiger partial charge >= 0.3 is 0 Å². The fraction of sp³-hybridized carbons (Fsp3) is 0.533. The molecule has 1 saturated carbocycles. The van der Waals surface area contributed by atoms with Crippen LogP contribution < -0.4 is 5.32 Å². The number of carbonyl (C=O) groups is 1. The van der Waals surface area contributed by atoms with Crippen molar-refractivity contribution in [1.29, 1.82) is 0 Å². The Balaban J connectivity index is 1.64. The summed E-state index contributed by atoms with van der Waals surface area (Å²) in [5, 5.41) is 3.27. The van der Waals surface area contributed by atoms with E-state index >= 15 is 0 Å². The van der Waals surface area contributed by atoms with E-state index in [-0.39, 0.29) is 5.91 Å². The molecule has 0 spiro atoms. The minimum absolute atomic E-state index is 0.227. The monoisotopic (exact) mass is 244 g/mol. The van der Waals surface area contributed by atoms with Gasteiger partial charge in [0, 0.05) is 44.4 Å². The van der Waals surface area contributed by atoms with E-state index in [1.54, 1.807) is 6.92 Å². The highest BCUT2D eigenvalue weighted by Crippen LogP contribution is 2.44. The Hall–Kier alpha value is -1.35. The van der Waals surface area contributed by atoms with Crippen molar-refractivity contribution in [2.45, 2.75) is 25.3 Å². The Morgan fingerprint density at radius 3 is 2.61 bits per heavy atom. The van der Waals surface area contributed by atoms with Gasteiger partial charge in [0.15, 0.2) is 0 Å². The molecule has 1 N–H and O–H groups in total. The van der Waals surface area contributed by atoms with Gasteiger partial charge in [0.05, 0.1) is 0 Å². The Kier molecular flexibility index (Phi) is 3.08. The molecule has 1 aromatic rings. The number of benzene rings is 1. The predicted molar refractivity (Wildman–Crippen MR) is 71.3 cm³/mol. The Morgan fingerprint density at radius 2 is 2.06 bits per heavy atom. The summed E-state index contributed by atoms with van der Waals surface area (Å²) in [5.41, 5.74) is 1.38. The van der Waals surface area contributed by atoms with E-state index in [2.05, 4.69) is 34.5 Å². The number of nitrogens with zero attached hydrogens (tertiary/aromatic N) is 1. The average molecular weight is 244 g/mol. The molecule has 1 saturated heterocycles. The summed E-state index contributed by atoms with van der Waals surface area (Å²) in [4.78, 5) is 13.9. The third-order valence-corrected chi connectivity index (χ3v) is 4.11. The lowest BCUT2D eigenvalue weighted by molar-refractivity contribution is -0.130. The van der Waals surface area contributed by atoms with E-state index in [1.807, 2.05) is 6.07 Å². The number of carbonyl (C=O) groups excluding carboxylic acids is 1. The van der Waals surface area contributed by atoms with Gasteiger partial charge in [-0.2, -0.15) is 0 Å². The van der Waals surface area contributed by atoms with Crippen molar-refractivity contribution < 1.29 is 4.79 Å². The minimum Gasteiger partial charge on any atom is -0.339 e. The van der Waals surface area contributed by atoms with Crippen LogP contribution >= 0.6 is 0 Å². The van der Waals surface area contributed by atoms with Gasteiger partial charge in [-0.3, -0.25) is 4.79 Å². The van der Waals surface area contributed by atoms with Gasteiger partial charge < -0.3 is 10.2 Å². The van der Waals surface area contributed by atoms with Crippen LogP contribution in [0.25, 0.3) is 0 Å². The molecule has 0 aromatic heterocycles. The van der Waals surface area contributed by atoms with Crippen molar-refractivity contribution in [2.24, 2.45) is 5.92 Å². The number of nitrogens with one attached hydrogen (secondary N) is 1. The molecule has 96 valence electrons.